The average Bonchev–Trinajstić information content (AvgIpc) is 1.93. The van der Waals surface area contributed by atoms with Gasteiger partial charge in [0.25, 0.3) is 0 Å². The third kappa shape index (κ3) is 1.24. The van der Waals surface area contributed by atoms with E-state index in [4.69, 9.17) is 0 Å². The van der Waals surface area contributed by atoms with Crippen molar-refractivity contribution in [3.63, 3.8) is 0 Å². The molecule has 0 N–H and O–H groups in total. The van der Waals surface area contributed by atoms with Crippen LogP contribution in [0.1, 0.15) is 16.7 Å². The Balaban J connectivity index is 3.34. The first-order chi connectivity index (χ1) is 4.63. The van der Waals surface area contributed by atoms with Crippen LogP contribution in [-0.2, 0) is 0 Å². The maximum Gasteiger partial charge on any atom is 0.0207 e. The van der Waals surface area contributed by atoms with E-state index in [2.05, 4.69) is 48.8 Å². The van der Waals surface area contributed by atoms with E-state index < -0.39 is 0 Å². The Hall–Kier alpha value is -0.300. The second-order valence-electron chi connectivity index (χ2n) is 2.61. The van der Waals surface area contributed by atoms with Crippen molar-refractivity contribution in [3.8, 4) is 0 Å². The lowest BCUT2D eigenvalue weighted by Gasteiger charge is -2.04. The van der Waals surface area contributed by atoms with Gasteiger partial charge in [0, 0.05) is 4.47 Å². The van der Waals surface area contributed by atoms with Gasteiger partial charge in [0.05, 0.1) is 0 Å². The summed E-state index contributed by atoms with van der Waals surface area (Å²) in [5.41, 5.74) is 4.09. The van der Waals surface area contributed by atoms with Gasteiger partial charge in [-0.25, -0.2) is 0 Å². The van der Waals surface area contributed by atoms with Gasteiger partial charge in [-0.3, -0.25) is 0 Å². The highest BCUT2D eigenvalue weighted by atomic mass is 79.9. The normalized spacial score (nSPS) is 10.0. The maximum absolute atomic E-state index is 3.48. The molecule has 0 aromatic heterocycles. The summed E-state index contributed by atoms with van der Waals surface area (Å²) >= 11 is 3.48. The summed E-state index contributed by atoms with van der Waals surface area (Å²) in [6.07, 6.45) is 0. The first-order valence-corrected chi connectivity index (χ1v) is 4.14. The smallest absolute Gasteiger partial charge is 0.0207 e. The molecular formula is C9H11Br. The Morgan fingerprint density at radius 1 is 1.00 bits per heavy atom. The van der Waals surface area contributed by atoms with E-state index in [1.54, 1.807) is 0 Å². The van der Waals surface area contributed by atoms with Crippen molar-refractivity contribution < 1.29 is 0 Å². The SMILES string of the molecule is Cc1ccc(Br)c(C)c1C. The fourth-order valence-corrected chi connectivity index (χ4v) is 1.35. The Kier molecular flexibility index (Phi) is 2.14. The minimum Gasteiger partial charge on any atom is -0.0579 e. The number of hydrogen-bond donors (Lipinski definition) is 0. The van der Waals surface area contributed by atoms with E-state index in [-0.39, 0.29) is 0 Å². The number of halogens is 1. The summed E-state index contributed by atoms with van der Waals surface area (Å²) in [5.74, 6) is 0. The van der Waals surface area contributed by atoms with Crippen LogP contribution in [-0.4, -0.2) is 0 Å². The van der Waals surface area contributed by atoms with Crippen LogP contribution in [0.15, 0.2) is 16.6 Å². The summed E-state index contributed by atoms with van der Waals surface area (Å²) in [5, 5.41) is 0. The van der Waals surface area contributed by atoms with Gasteiger partial charge in [0.15, 0.2) is 0 Å². The van der Waals surface area contributed by atoms with Crippen molar-refractivity contribution in [2.45, 2.75) is 20.8 Å². The molecule has 0 aliphatic carbocycles. The third-order valence-corrected chi connectivity index (χ3v) is 2.85. The lowest BCUT2D eigenvalue weighted by atomic mass is 10.1. The van der Waals surface area contributed by atoms with Gasteiger partial charge in [-0.1, -0.05) is 22.0 Å². The minimum absolute atomic E-state index is 1.20. The highest BCUT2D eigenvalue weighted by molar-refractivity contribution is 9.10. The van der Waals surface area contributed by atoms with Crippen LogP contribution in [0.4, 0.5) is 0 Å². The quantitative estimate of drug-likeness (QED) is 0.600. The first kappa shape index (κ1) is 7.80. The topological polar surface area (TPSA) is 0 Å². The second-order valence-corrected chi connectivity index (χ2v) is 3.47. The first-order valence-electron chi connectivity index (χ1n) is 3.35. The number of hydrogen-bond acceptors (Lipinski definition) is 0. The van der Waals surface area contributed by atoms with Crippen LogP contribution in [0.2, 0.25) is 0 Å². The molecule has 0 unspecified atom stereocenters. The number of benzene rings is 1. The predicted octanol–water partition coefficient (Wildman–Crippen LogP) is 3.37. The molecule has 0 radical (unpaired) electrons. The van der Waals surface area contributed by atoms with Crippen LogP contribution in [0, 0.1) is 20.8 Å². The molecule has 10 heavy (non-hydrogen) atoms. The van der Waals surface area contributed by atoms with Crippen molar-refractivity contribution in [3.05, 3.63) is 33.3 Å². The van der Waals surface area contributed by atoms with Crippen molar-refractivity contribution in [2.24, 2.45) is 0 Å². The molecule has 0 aliphatic rings. The summed E-state index contributed by atoms with van der Waals surface area (Å²) in [7, 11) is 0. The standard InChI is InChI=1S/C9H11Br/c1-6-4-5-9(10)8(3)7(6)2/h4-5H,1-3H3. The van der Waals surface area contributed by atoms with Crippen LogP contribution in [0.3, 0.4) is 0 Å². The van der Waals surface area contributed by atoms with Gasteiger partial charge in [0.2, 0.25) is 0 Å². The molecule has 1 rings (SSSR count). The molecule has 0 atom stereocenters. The molecular weight excluding hydrogens is 188 g/mol. The minimum atomic E-state index is 1.20. The van der Waals surface area contributed by atoms with Gasteiger partial charge in [0.1, 0.15) is 0 Å². The molecule has 0 fully saturated rings. The Morgan fingerprint density at radius 3 is 2.10 bits per heavy atom. The monoisotopic (exact) mass is 198 g/mol. The third-order valence-electron chi connectivity index (χ3n) is 1.99. The zero-order valence-electron chi connectivity index (χ0n) is 6.53. The Morgan fingerprint density at radius 2 is 1.60 bits per heavy atom. The van der Waals surface area contributed by atoms with Crippen LogP contribution < -0.4 is 0 Å². The van der Waals surface area contributed by atoms with Gasteiger partial charge >= 0.3 is 0 Å². The zero-order valence-corrected chi connectivity index (χ0v) is 8.12. The van der Waals surface area contributed by atoms with Gasteiger partial charge in [-0.15, -0.1) is 0 Å². The fraction of sp³-hybridized carbons (Fsp3) is 0.333. The van der Waals surface area contributed by atoms with Gasteiger partial charge in [-0.2, -0.15) is 0 Å². The van der Waals surface area contributed by atoms with Crippen molar-refractivity contribution >= 4 is 15.9 Å². The Bertz CT molecular complexity index is 224. The number of aryl methyl sites for hydroxylation is 1. The van der Waals surface area contributed by atoms with E-state index in [1.165, 1.54) is 21.2 Å². The lowest BCUT2D eigenvalue weighted by molar-refractivity contribution is 1.25. The molecule has 0 amide bonds. The van der Waals surface area contributed by atoms with E-state index >= 15 is 0 Å². The predicted molar refractivity (Wildman–Crippen MR) is 48.4 cm³/mol. The molecule has 0 bridgehead atoms. The summed E-state index contributed by atoms with van der Waals surface area (Å²) in [4.78, 5) is 0. The molecule has 0 aliphatic heterocycles. The van der Waals surface area contributed by atoms with Crippen LogP contribution in [0.25, 0.3) is 0 Å². The van der Waals surface area contributed by atoms with E-state index in [9.17, 15) is 0 Å². The summed E-state index contributed by atoms with van der Waals surface area (Å²) in [6, 6.07) is 4.23. The molecule has 0 nitrogen and oxygen atoms in total. The fourth-order valence-electron chi connectivity index (χ4n) is 0.923. The molecule has 0 heterocycles. The van der Waals surface area contributed by atoms with E-state index in [1.807, 2.05) is 0 Å². The molecule has 54 valence electrons. The molecule has 0 spiro atoms. The largest absolute Gasteiger partial charge is 0.0579 e. The Labute approximate surface area is 70.4 Å². The van der Waals surface area contributed by atoms with Crippen LogP contribution in [0.5, 0.6) is 0 Å². The van der Waals surface area contributed by atoms with Crippen molar-refractivity contribution in [1.82, 2.24) is 0 Å². The average molecular weight is 199 g/mol. The van der Waals surface area contributed by atoms with Crippen LogP contribution >= 0.6 is 15.9 Å². The summed E-state index contributed by atoms with van der Waals surface area (Å²) in [6.45, 7) is 6.41. The molecule has 1 aromatic carbocycles. The second kappa shape index (κ2) is 2.75. The maximum atomic E-state index is 3.48. The summed E-state index contributed by atoms with van der Waals surface area (Å²) < 4.78 is 1.20. The molecule has 1 heteroatoms. The van der Waals surface area contributed by atoms with Gasteiger partial charge < -0.3 is 0 Å². The van der Waals surface area contributed by atoms with E-state index in [0.717, 1.165) is 0 Å². The van der Waals surface area contributed by atoms with E-state index in [0.29, 0.717) is 0 Å². The highest BCUT2D eigenvalue weighted by Gasteiger charge is 1.98. The molecule has 0 saturated heterocycles. The lowest BCUT2D eigenvalue weighted by Crippen LogP contribution is -1.85. The zero-order chi connectivity index (χ0) is 7.72. The van der Waals surface area contributed by atoms with Crippen molar-refractivity contribution in [1.29, 1.82) is 0 Å². The number of rotatable bonds is 0. The van der Waals surface area contributed by atoms with Crippen molar-refractivity contribution in [2.75, 3.05) is 0 Å². The molecule has 1 aromatic rings. The van der Waals surface area contributed by atoms with Gasteiger partial charge in [-0.05, 0) is 43.5 Å². The molecule has 0 saturated carbocycles. The highest BCUT2D eigenvalue weighted by Crippen LogP contribution is 2.21.